The third-order valence-electron chi connectivity index (χ3n) is 3.47. The summed E-state index contributed by atoms with van der Waals surface area (Å²) in [6, 6.07) is 3.39. The van der Waals surface area contributed by atoms with E-state index >= 15 is 0 Å². The molecule has 0 radical (unpaired) electrons. The van der Waals surface area contributed by atoms with Gasteiger partial charge in [-0.05, 0) is 37.1 Å². The Labute approximate surface area is 126 Å². The molecule has 1 heterocycles. The Balaban J connectivity index is 2.26. The maximum atomic E-state index is 12.8. The molecule has 21 heavy (non-hydrogen) atoms. The van der Waals surface area contributed by atoms with Crippen molar-refractivity contribution in [1.82, 2.24) is 4.90 Å². The van der Waals surface area contributed by atoms with Crippen molar-refractivity contribution in [2.24, 2.45) is 4.99 Å². The second-order valence-electron chi connectivity index (χ2n) is 4.99. The smallest absolute Gasteiger partial charge is 0.366 e. The predicted octanol–water partition coefficient (Wildman–Crippen LogP) is 4.54. The zero-order valence-electron chi connectivity index (χ0n) is 11.7. The van der Waals surface area contributed by atoms with Crippen LogP contribution < -0.4 is 0 Å². The van der Waals surface area contributed by atoms with Crippen LogP contribution in [0.3, 0.4) is 0 Å². The minimum Gasteiger partial charge on any atom is -0.366 e. The van der Waals surface area contributed by atoms with Crippen LogP contribution in [0.5, 0.6) is 0 Å². The molecule has 2 nitrogen and oxygen atoms in total. The minimum absolute atomic E-state index is 0.300. The lowest BCUT2D eigenvalue weighted by molar-refractivity contribution is -0.137. The number of alkyl halides is 3. The topological polar surface area (TPSA) is 15.6 Å². The number of nitrogens with zero attached hydrogens (tertiary/aromatic N) is 2. The Hall–Kier alpha value is -1.49. The summed E-state index contributed by atoms with van der Waals surface area (Å²) in [7, 11) is 0. The SMILES string of the molecule is C=C1C(C)=NCCCN1Cc1cc(C(F)(F)F)ccc1Cl. The number of allylic oxidation sites excluding steroid dienone is 1. The molecule has 1 aromatic carbocycles. The Morgan fingerprint density at radius 1 is 1.38 bits per heavy atom. The van der Waals surface area contributed by atoms with Gasteiger partial charge < -0.3 is 4.90 Å². The molecule has 0 spiro atoms. The lowest BCUT2D eigenvalue weighted by Gasteiger charge is -2.25. The molecule has 0 N–H and O–H groups in total. The fraction of sp³-hybridized carbons (Fsp3) is 0.400. The molecule has 0 aromatic heterocycles. The first kappa shape index (κ1) is 15.9. The van der Waals surface area contributed by atoms with Gasteiger partial charge in [0.1, 0.15) is 0 Å². The molecule has 0 unspecified atom stereocenters. The molecule has 0 atom stereocenters. The third kappa shape index (κ3) is 3.79. The van der Waals surface area contributed by atoms with E-state index in [1.54, 1.807) is 0 Å². The van der Waals surface area contributed by atoms with Gasteiger partial charge in [0.2, 0.25) is 0 Å². The van der Waals surface area contributed by atoms with Crippen LogP contribution in [-0.4, -0.2) is 23.7 Å². The summed E-state index contributed by atoms with van der Waals surface area (Å²) in [4.78, 5) is 6.26. The van der Waals surface area contributed by atoms with Crippen LogP contribution in [0.15, 0.2) is 35.5 Å². The lowest BCUT2D eigenvalue weighted by Crippen LogP contribution is -2.25. The molecule has 114 valence electrons. The summed E-state index contributed by atoms with van der Waals surface area (Å²) in [5.74, 6) is 0. The van der Waals surface area contributed by atoms with Gasteiger partial charge in [-0.15, -0.1) is 0 Å². The van der Waals surface area contributed by atoms with Gasteiger partial charge in [0.15, 0.2) is 0 Å². The lowest BCUT2D eigenvalue weighted by atomic mass is 10.1. The first-order valence-corrected chi connectivity index (χ1v) is 6.97. The van der Waals surface area contributed by atoms with E-state index in [4.69, 9.17) is 11.6 Å². The van der Waals surface area contributed by atoms with Gasteiger partial charge in [-0.1, -0.05) is 18.2 Å². The van der Waals surface area contributed by atoms with Gasteiger partial charge in [0.05, 0.1) is 17.0 Å². The van der Waals surface area contributed by atoms with Crippen LogP contribution in [-0.2, 0) is 12.7 Å². The third-order valence-corrected chi connectivity index (χ3v) is 3.84. The van der Waals surface area contributed by atoms with Crippen molar-refractivity contribution >= 4 is 17.3 Å². The summed E-state index contributed by atoms with van der Waals surface area (Å²) in [5.41, 5.74) is 1.31. The zero-order chi connectivity index (χ0) is 15.6. The summed E-state index contributed by atoms with van der Waals surface area (Å²) in [6.45, 7) is 7.53. The summed E-state index contributed by atoms with van der Waals surface area (Å²) in [5, 5.41) is 0.328. The summed E-state index contributed by atoms with van der Waals surface area (Å²) >= 11 is 6.04. The van der Waals surface area contributed by atoms with E-state index in [1.807, 2.05) is 11.8 Å². The molecule has 6 heteroatoms. The van der Waals surface area contributed by atoms with Crippen molar-refractivity contribution in [3.8, 4) is 0 Å². The molecule has 0 fully saturated rings. The second kappa shape index (κ2) is 6.10. The quantitative estimate of drug-likeness (QED) is 0.782. The first-order valence-electron chi connectivity index (χ1n) is 6.60. The number of rotatable bonds is 2. The number of halogens is 4. The average Bonchev–Trinajstić information content (AvgIpc) is 2.55. The monoisotopic (exact) mass is 316 g/mol. The molecule has 2 rings (SSSR count). The number of hydrogen-bond acceptors (Lipinski definition) is 2. The zero-order valence-corrected chi connectivity index (χ0v) is 12.4. The molecular weight excluding hydrogens is 301 g/mol. The Kier molecular flexibility index (Phi) is 4.61. The van der Waals surface area contributed by atoms with Crippen LogP contribution in [0.4, 0.5) is 13.2 Å². The van der Waals surface area contributed by atoms with Gasteiger partial charge in [0.25, 0.3) is 0 Å². The molecule has 1 aliphatic heterocycles. The number of hydrogen-bond donors (Lipinski definition) is 0. The van der Waals surface area contributed by atoms with Crippen LogP contribution in [0.25, 0.3) is 0 Å². The fourth-order valence-corrected chi connectivity index (χ4v) is 2.39. The van der Waals surface area contributed by atoms with E-state index in [2.05, 4.69) is 11.6 Å². The van der Waals surface area contributed by atoms with Crippen LogP contribution in [0.1, 0.15) is 24.5 Å². The molecule has 1 aromatic rings. The van der Waals surface area contributed by atoms with Crippen molar-refractivity contribution in [2.75, 3.05) is 13.1 Å². The van der Waals surface area contributed by atoms with Crippen molar-refractivity contribution in [2.45, 2.75) is 26.1 Å². The van der Waals surface area contributed by atoms with E-state index in [9.17, 15) is 13.2 Å². The van der Waals surface area contributed by atoms with E-state index < -0.39 is 11.7 Å². The van der Waals surface area contributed by atoms with Crippen LogP contribution in [0.2, 0.25) is 5.02 Å². The Morgan fingerprint density at radius 2 is 2.10 bits per heavy atom. The maximum Gasteiger partial charge on any atom is 0.416 e. The van der Waals surface area contributed by atoms with Gasteiger partial charge >= 0.3 is 6.18 Å². The molecule has 0 saturated carbocycles. The van der Waals surface area contributed by atoms with E-state index in [-0.39, 0.29) is 0 Å². The Morgan fingerprint density at radius 3 is 2.76 bits per heavy atom. The van der Waals surface area contributed by atoms with Crippen molar-refractivity contribution in [3.05, 3.63) is 46.6 Å². The fourth-order valence-electron chi connectivity index (χ4n) is 2.22. The highest BCUT2D eigenvalue weighted by Gasteiger charge is 2.31. The highest BCUT2D eigenvalue weighted by molar-refractivity contribution is 6.31. The van der Waals surface area contributed by atoms with Crippen molar-refractivity contribution < 1.29 is 13.2 Å². The molecule has 0 amide bonds. The Bertz CT molecular complexity index is 579. The molecule has 0 bridgehead atoms. The van der Waals surface area contributed by atoms with Gasteiger partial charge in [-0.2, -0.15) is 13.2 Å². The predicted molar refractivity (Wildman–Crippen MR) is 78.6 cm³/mol. The minimum atomic E-state index is -4.37. The summed E-state index contributed by atoms with van der Waals surface area (Å²) < 4.78 is 38.4. The van der Waals surface area contributed by atoms with Gasteiger partial charge in [0, 0.05) is 24.7 Å². The maximum absolute atomic E-state index is 12.8. The van der Waals surface area contributed by atoms with Crippen molar-refractivity contribution in [1.29, 1.82) is 0 Å². The molecular formula is C15H16ClF3N2. The largest absolute Gasteiger partial charge is 0.416 e. The van der Waals surface area contributed by atoms with E-state index in [0.29, 0.717) is 30.2 Å². The summed E-state index contributed by atoms with van der Waals surface area (Å²) in [6.07, 6.45) is -3.53. The van der Waals surface area contributed by atoms with Gasteiger partial charge in [-0.3, -0.25) is 4.99 Å². The van der Waals surface area contributed by atoms with Crippen molar-refractivity contribution in [3.63, 3.8) is 0 Å². The standard InChI is InChI=1S/C15H16ClF3N2/c1-10-11(2)21(7-3-6-20-10)9-12-8-13(15(17,18)19)4-5-14(12)16/h4-5,8H,2-3,6-7,9H2,1H3. The first-order chi connectivity index (χ1) is 9.79. The van der Waals surface area contributed by atoms with Crippen LogP contribution >= 0.6 is 11.6 Å². The second-order valence-corrected chi connectivity index (χ2v) is 5.40. The molecule has 1 aliphatic rings. The molecule has 0 saturated heterocycles. The molecule has 0 aliphatic carbocycles. The normalized spacial score (nSPS) is 16.7. The number of aliphatic imine (C=N–C) groups is 1. The van der Waals surface area contributed by atoms with Crippen LogP contribution in [0, 0.1) is 0 Å². The van der Waals surface area contributed by atoms with E-state index in [1.165, 1.54) is 6.07 Å². The highest BCUT2D eigenvalue weighted by atomic mass is 35.5. The highest BCUT2D eigenvalue weighted by Crippen LogP contribution is 2.32. The average molecular weight is 317 g/mol. The van der Waals surface area contributed by atoms with Gasteiger partial charge in [-0.25, -0.2) is 0 Å². The van der Waals surface area contributed by atoms with E-state index in [0.717, 1.165) is 30.0 Å². The number of benzene rings is 1.